The molecule has 2 amide bonds. The van der Waals surface area contributed by atoms with Gasteiger partial charge in [0.1, 0.15) is 5.82 Å². The number of nitrogens with one attached hydrogen (secondary N) is 2. The van der Waals surface area contributed by atoms with Gasteiger partial charge in [-0.3, -0.25) is 9.59 Å². The molecule has 1 atom stereocenters. The van der Waals surface area contributed by atoms with Crippen LogP contribution in [-0.4, -0.2) is 42.3 Å². The van der Waals surface area contributed by atoms with Crippen LogP contribution in [0.4, 0.5) is 10.1 Å². The molecule has 1 saturated carbocycles. The summed E-state index contributed by atoms with van der Waals surface area (Å²) in [4.78, 5) is 23.7. The molecule has 2 rings (SSSR count). The van der Waals surface area contributed by atoms with Crippen LogP contribution in [0.5, 0.6) is 0 Å². The molecule has 0 aromatic heterocycles. The van der Waals surface area contributed by atoms with E-state index in [1.165, 1.54) is 18.6 Å². The fraction of sp³-hybridized carbons (Fsp3) is 0.600. The third-order valence-electron chi connectivity index (χ3n) is 4.59. The van der Waals surface area contributed by atoms with Crippen LogP contribution in [0, 0.1) is 12.7 Å². The van der Waals surface area contributed by atoms with Crippen LogP contribution in [-0.2, 0) is 14.3 Å². The van der Waals surface area contributed by atoms with Crippen molar-refractivity contribution < 1.29 is 23.8 Å². The van der Waals surface area contributed by atoms with Gasteiger partial charge in [0, 0.05) is 19.4 Å². The van der Waals surface area contributed by atoms with E-state index < -0.39 is 17.8 Å². The van der Waals surface area contributed by atoms with E-state index in [0.717, 1.165) is 31.2 Å². The minimum Gasteiger partial charge on any atom is -0.389 e. The molecule has 1 aliphatic rings. The first-order valence-electron chi connectivity index (χ1n) is 9.56. The second-order valence-corrected chi connectivity index (χ2v) is 7.08. The number of carbonyl (C=O) groups excluding carboxylic acids is 2. The van der Waals surface area contributed by atoms with Gasteiger partial charge in [-0.1, -0.05) is 25.3 Å². The minimum atomic E-state index is -0.772. The maximum atomic E-state index is 13.6. The topological polar surface area (TPSA) is 87.7 Å². The molecule has 27 heavy (non-hydrogen) atoms. The lowest BCUT2D eigenvalue weighted by Crippen LogP contribution is -2.36. The van der Waals surface area contributed by atoms with E-state index in [1.54, 1.807) is 13.0 Å². The molecule has 0 bridgehead atoms. The molecule has 0 saturated heterocycles. The van der Waals surface area contributed by atoms with Gasteiger partial charge < -0.3 is 20.5 Å². The second kappa shape index (κ2) is 11.0. The molecule has 1 aliphatic carbocycles. The molecule has 0 unspecified atom stereocenters. The standard InChI is InChI=1S/C20H29FN2O4/c1-14-7-8-17(21)18(11-14)23-20(26)10-9-19(25)22-12-15(24)13-27-16-5-3-2-4-6-16/h7-8,11,15-16,24H,2-6,9-10,12-13H2,1H3,(H,22,25)(H,23,26)/t15-/m0/s1. The molecule has 1 aromatic rings. The highest BCUT2D eigenvalue weighted by Crippen LogP contribution is 2.20. The SMILES string of the molecule is Cc1ccc(F)c(NC(=O)CCC(=O)NC[C@H](O)COC2CCCCC2)c1. The number of aliphatic hydroxyl groups is 1. The summed E-state index contributed by atoms with van der Waals surface area (Å²) in [6.07, 6.45) is 4.94. The second-order valence-electron chi connectivity index (χ2n) is 7.08. The average molecular weight is 380 g/mol. The number of rotatable bonds is 9. The largest absolute Gasteiger partial charge is 0.389 e. The lowest BCUT2D eigenvalue weighted by Gasteiger charge is -2.23. The molecule has 1 fully saturated rings. The van der Waals surface area contributed by atoms with Crippen molar-refractivity contribution in [1.82, 2.24) is 5.32 Å². The van der Waals surface area contributed by atoms with E-state index in [0.29, 0.717) is 0 Å². The fourth-order valence-electron chi connectivity index (χ4n) is 3.03. The van der Waals surface area contributed by atoms with Crippen molar-refractivity contribution in [2.24, 2.45) is 0 Å². The van der Waals surface area contributed by atoms with Crippen molar-refractivity contribution in [1.29, 1.82) is 0 Å². The molecule has 150 valence electrons. The smallest absolute Gasteiger partial charge is 0.224 e. The number of aliphatic hydroxyl groups excluding tert-OH is 1. The van der Waals surface area contributed by atoms with Gasteiger partial charge in [-0.15, -0.1) is 0 Å². The lowest BCUT2D eigenvalue weighted by molar-refractivity contribution is -0.124. The van der Waals surface area contributed by atoms with E-state index in [9.17, 15) is 19.1 Å². The maximum Gasteiger partial charge on any atom is 0.224 e. The molecule has 6 nitrogen and oxygen atoms in total. The number of carbonyl (C=O) groups is 2. The summed E-state index contributed by atoms with van der Waals surface area (Å²) in [5.41, 5.74) is 0.935. The first-order chi connectivity index (χ1) is 12.9. The maximum absolute atomic E-state index is 13.6. The van der Waals surface area contributed by atoms with E-state index in [-0.39, 0.29) is 43.7 Å². The molecule has 1 aromatic carbocycles. The predicted molar refractivity (Wildman–Crippen MR) is 101 cm³/mol. The number of ether oxygens (including phenoxy) is 1. The number of benzene rings is 1. The zero-order valence-corrected chi connectivity index (χ0v) is 15.8. The van der Waals surface area contributed by atoms with Crippen LogP contribution in [0.2, 0.25) is 0 Å². The van der Waals surface area contributed by atoms with E-state index in [1.807, 2.05) is 0 Å². The number of hydrogen-bond donors (Lipinski definition) is 3. The van der Waals surface area contributed by atoms with E-state index >= 15 is 0 Å². The Labute approximate surface area is 159 Å². The van der Waals surface area contributed by atoms with Gasteiger partial charge in [-0.25, -0.2) is 4.39 Å². The van der Waals surface area contributed by atoms with Crippen molar-refractivity contribution in [2.75, 3.05) is 18.5 Å². The Kier molecular flexibility index (Phi) is 8.67. The van der Waals surface area contributed by atoms with E-state index in [2.05, 4.69) is 10.6 Å². The van der Waals surface area contributed by atoms with Crippen LogP contribution < -0.4 is 10.6 Å². The summed E-state index contributed by atoms with van der Waals surface area (Å²) in [6, 6.07) is 4.44. The number of aryl methyl sites for hydroxylation is 1. The molecular formula is C20H29FN2O4. The quantitative estimate of drug-likeness (QED) is 0.615. The monoisotopic (exact) mass is 380 g/mol. The van der Waals surface area contributed by atoms with Gasteiger partial charge in [0.2, 0.25) is 11.8 Å². The normalized spacial score (nSPS) is 16.0. The molecular weight excluding hydrogens is 351 g/mol. The number of hydrogen-bond acceptors (Lipinski definition) is 4. The number of anilines is 1. The number of amides is 2. The first-order valence-corrected chi connectivity index (χ1v) is 9.56. The Morgan fingerprint density at radius 1 is 1.22 bits per heavy atom. The molecule has 0 radical (unpaired) electrons. The Balaban J connectivity index is 1.60. The summed E-state index contributed by atoms with van der Waals surface area (Å²) >= 11 is 0. The highest BCUT2D eigenvalue weighted by atomic mass is 19.1. The van der Waals surface area contributed by atoms with Gasteiger partial charge >= 0.3 is 0 Å². The summed E-state index contributed by atoms with van der Waals surface area (Å²) < 4.78 is 19.3. The van der Waals surface area contributed by atoms with Crippen LogP contribution >= 0.6 is 0 Å². The van der Waals surface area contributed by atoms with Crippen LogP contribution in [0.3, 0.4) is 0 Å². The molecule has 3 N–H and O–H groups in total. The van der Waals surface area contributed by atoms with Gasteiger partial charge in [0.15, 0.2) is 0 Å². The van der Waals surface area contributed by atoms with Crippen LogP contribution in [0.25, 0.3) is 0 Å². The van der Waals surface area contributed by atoms with Crippen LogP contribution in [0.1, 0.15) is 50.5 Å². The Bertz CT molecular complexity index is 632. The van der Waals surface area contributed by atoms with Crippen molar-refractivity contribution in [3.63, 3.8) is 0 Å². The van der Waals surface area contributed by atoms with Gasteiger partial charge in [0.05, 0.1) is 24.5 Å². The Morgan fingerprint density at radius 2 is 1.93 bits per heavy atom. The molecule has 0 heterocycles. The third-order valence-corrected chi connectivity index (χ3v) is 4.59. The van der Waals surface area contributed by atoms with Gasteiger partial charge in [-0.05, 0) is 37.5 Å². The zero-order valence-electron chi connectivity index (χ0n) is 15.8. The van der Waals surface area contributed by atoms with Gasteiger partial charge in [-0.2, -0.15) is 0 Å². The van der Waals surface area contributed by atoms with Crippen molar-refractivity contribution >= 4 is 17.5 Å². The average Bonchev–Trinajstić information content (AvgIpc) is 2.66. The summed E-state index contributed by atoms with van der Waals surface area (Å²) in [6.45, 7) is 2.07. The Hall–Kier alpha value is -1.99. The van der Waals surface area contributed by atoms with Crippen molar-refractivity contribution in [3.8, 4) is 0 Å². The summed E-state index contributed by atoms with van der Waals surface area (Å²) in [5, 5.41) is 14.9. The highest BCUT2D eigenvalue weighted by Gasteiger charge is 2.16. The minimum absolute atomic E-state index is 0.0323. The van der Waals surface area contributed by atoms with Crippen molar-refractivity contribution in [3.05, 3.63) is 29.6 Å². The predicted octanol–water partition coefficient (Wildman–Crippen LogP) is 2.68. The highest BCUT2D eigenvalue weighted by molar-refractivity contribution is 5.93. The Morgan fingerprint density at radius 3 is 2.67 bits per heavy atom. The molecule has 0 aliphatic heterocycles. The zero-order chi connectivity index (χ0) is 19.6. The summed E-state index contributed by atoms with van der Waals surface area (Å²) in [7, 11) is 0. The summed E-state index contributed by atoms with van der Waals surface area (Å²) in [5.74, 6) is -1.29. The van der Waals surface area contributed by atoms with Gasteiger partial charge in [0.25, 0.3) is 0 Å². The number of halogens is 1. The third kappa shape index (κ3) is 8.05. The molecule has 0 spiro atoms. The fourth-order valence-corrected chi connectivity index (χ4v) is 3.03. The lowest BCUT2D eigenvalue weighted by atomic mass is 9.98. The molecule has 7 heteroatoms. The first kappa shape index (κ1) is 21.3. The van der Waals surface area contributed by atoms with E-state index in [4.69, 9.17) is 4.74 Å². The van der Waals surface area contributed by atoms with Crippen LogP contribution in [0.15, 0.2) is 18.2 Å². The van der Waals surface area contributed by atoms with Crippen molar-refractivity contribution in [2.45, 2.75) is 64.1 Å².